The van der Waals surface area contributed by atoms with Crippen LogP contribution in [0.1, 0.15) is 56.7 Å². The number of carbonyl (C=O) groups is 3. The normalized spacial score (nSPS) is 21.3. The van der Waals surface area contributed by atoms with Crippen LogP contribution in [0, 0.1) is 6.92 Å². The topological polar surface area (TPSA) is 78.5 Å². The Morgan fingerprint density at radius 1 is 1.20 bits per heavy atom. The molecule has 0 unspecified atom stereocenters. The van der Waals surface area contributed by atoms with Crippen LogP contribution in [0.15, 0.2) is 24.3 Å². The molecule has 134 valence electrons. The van der Waals surface area contributed by atoms with Crippen molar-refractivity contribution in [2.45, 2.75) is 64.1 Å². The first kappa shape index (κ1) is 17.5. The molecule has 1 saturated carbocycles. The van der Waals surface area contributed by atoms with Crippen molar-refractivity contribution in [2.75, 3.05) is 0 Å². The number of aryl methyl sites for hydroxylation is 1. The van der Waals surface area contributed by atoms with Gasteiger partial charge in [0.2, 0.25) is 5.91 Å². The largest absolute Gasteiger partial charge is 0.348 e. The molecule has 6 heteroatoms. The van der Waals surface area contributed by atoms with Gasteiger partial charge in [-0.25, -0.2) is 9.69 Å². The van der Waals surface area contributed by atoms with Crippen LogP contribution in [0.2, 0.25) is 0 Å². The minimum atomic E-state index is -0.834. The maximum absolute atomic E-state index is 12.8. The molecular weight excluding hydrogens is 318 g/mol. The fourth-order valence-corrected chi connectivity index (χ4v) is 3.91. The zero-order valence-corrected chi connectivity index (χ0v) is 15.0. The predicted molar refractivity (Wildman–Crippen MR) is 93.8 cm³/mol. The molecule has 1 aromatic carbocycles. The summed E-state index contributed by atoms with van der Waals surface area (Å²) in [6.07, 6.45) is 3.15. The number of hydrogen-bond donors (Lipinski definition) is 2. The molecular formula is C19H25N3O3. The van der Waals surface area contributed by atoms with E-state index in [9.17, 15) is 14.4 Å². The molecule has 2 N–H and O–H groups in total. The van der Waals surface area contributed by atoms with Gasteiger partial charge >= 0.3 is 6.03 Å². The second-order valence-electron chi connectivity index (χ2n) is 7.16. The lowest BCUT2D eigenvalue weighted by molar-refractivity contribution is -0.138. The van der Waals surface area contributed by atoms with Crippen molar-refractivity contribution in [3.8, 4) is 0 Å². The van der Waals surface area contributed by atoms with Crippen LogP contribution in [0.25, 0.3) is 0 Å². The molecule has 25 heavy (non-hydrogen) atoms. The Kier molecular flexibility index (Phi) is 4.54. The standard InChI is InChI=1S/C19H25N3O3/c1-12-8-4-5-9-15(12)13(2)20-16(23)14(3)22-17(24)19(21-18(22)25)10-6-7-11-19/h4-5,8-9,13-14H,6-7,10-11H2,1-3H3,(H,20,23)(H,21,25)/t13-,14-/m0/s1. The highest BCUT2D eigenvalue weighted by Gasteiger charge is 2.54. The number of benzene rings is 1. The molecule has 2 aliphatic rings. The van der Waals surface area contributed by atoms with E-state index in [-0.39, 0.29) is 17.9 Å². The molecule has 1 aromatic rings. The highest BCUT2D eigenvalue weighted by atomic mass is 16.2. The summed E-state index contributed by atoms with van der Waals surface area (Å²) in [6, 6.07) is 6.34. The SMILES string of the molecule is Cc1ccccc1[C@H](C)NC(=O)[C@H](C)N1C(=O)NC2(CCCC2)C1=O. The van der Waals surface area contributed by atoms with Crippen LogP contribution in [0.4, 0.5) is 4.79 Å². The highest BCUT2D eigenvalue weighted by molar-refractivity contribution is 6.10. The van der Waals surface area contributed by atoms with Gasteiger partial charge < -0.3 is 10.6 Å². The van der Waals surface area contributed by atoms with E-state index in [1.807, 2.05) is 38.1 Å². The van der Waals surface area contributed by atoms with Gasteiger partial charge in [0.05, 0.1) is 6.04 Å². The van der Waals surface area contributed by atoms with Crippen LogP contribution in [-0.4, -0.2) is 34.3 Å². The Hall–Kier alpha value is -2.37. The van der Waals surface area contributed by atoms with Crippen molar-refractivity contribution in [3.05, 3.63) is 35.4 Å². The number of urea groups is 1. The Bertz CT molecular complexity index is 710. The molecule has 4 amide bonds. The fraction of sp³-hybridized carbons (Fsp3) is 0.526. The van der Waals surface area contributed by atoms with Crippen LogP contribution >= 0.6 is 0 Å². The molecule has 2 fully saturated rings. The molecule has 1 saturated heterocycles. The summed E-state index contributed by atoms with van der Waals surface area (Å²) >= 11 is 0. The summed E-state index contributed by atoms with van der Waals surface area (Å²) < 4.78 is 0. The lowest BCUT2D eigenvalue weighted by atomic mass is 9.97. The Morgan fingerprint density at radius 3 is 2.48 bits per heavy atom. The highest BCUT2D eigenvalue weighted by Crippen LogP contribution is 2.35. The van der Waals surface area contributed by atoms with E-state index in [4.69, 9.17) is 0 Å². The van der Waals surface area contributed by atoms with Crippen molar-refractivity contribution in [1.29, 1.82) is 0 Å². The molecule has 1 heterocycles. The maximum atomic E-state index is 12.8. The van der Waals surface area contributed by atoms with Crippen LogP contribution in [0.3, 0.4) is 0 Å². The quantitative estimate of drug-likeness (QED) is 0.824. The molecule has 0 aromatic heterocycles. The Morgan fingerprint density at radius 2 is 1.84 bits per heavy atom. The Labute approximate surface area is 148 Å². The minimum absolute atomic E-state index is 0.197. The molecule has 2 atom stereocenters. The summed E-state index contributed by atoms with van der Waals surface area (Å²) in [6.45, 7) is 5.49. The van der Waals surface area contributed by atoms with Gasteiger partial charge in [0.15, 0.2) is 0 Å². The number of nitrogens with one attached hydrogen (secondary N) is 2. The van der Waals surface area contributed by atoms with Gasteiger partial charge in [-0.05, 0) is 44.7 Å². The van der Waals surface area contributed by atoms with Crippen LogP contribution in [0.5, 0.6) is 0 Å². The van der Waals surface area contributed by atoms with Gasteiger partial charge in [-0.2, -0.15) is 0 Å². The lowest BCUT2D eigenvalue weighted by Crippen LogP contribution is -2.50. The lowest BCUT2D eigenvalue weighted by Gasteiger charge is -2.25. The molecule has 1 aliphatic carbocycles. The number of rotatable bonds is 4. The van der Waals surface area contributed by atoms with Gasteiger partial charge in [-0.15, -0.1) is 0 Å². The minimum Gasteiger partial charge on any atom is -0.348 e. The number of amides is 4. The second kappa shape index (κ2) is 6.50. The third-order valence-electron chi connectivity index (χ3n) is 5.43. The fourth-order valence-electron chi connectivity index (χ4n) is 3.91. The molecule has 0 radical (unpaired) electrons. The van der Waals surface area contributed by atoms with E-state index in [2.05, 4.69) is 10.6 Å². The van der Waals surface area contributed by atoms with Crippen molar-refractivity contribution < 1.29 is 14.4 Å². The first-order valence-corrected chi connectivity index (χ1v) is 8.87. The summed E-state index contributed by atoms with van der Waals surface area (Å²) in [5.74, 6) is -0.588. The zero-order valence-electron chi connectivity index (χ0n) is 15.0. The van der Waals surface area contributed by atoms with Gasteiger partial charge in [0.1, 0.15) is 11.6 Å². The molecule has 3 rings (SSSR count). The van der Waals surface area contributed by atoms with Crippen molar-refractivity contribution >= 4 is 17.8 Å². The van der Waals surface area contributed by atoms with Crippen molar-refractivity contribution in [2.24, 2.45) is 0 Å². The molecule has 1 spiro atoms. The van der Waals surface area contributed by atoms with E-state index in [0.29, 0.717) is 12.8 Å². The molecule has 0 bridgehead atoms. The molecule has 6 nitrogen and oxygen atoms in total. The van der Waals surface area contributed by atoms with Crippen molar-refractivity contribution in [3.63, 3.8) is 0 Å². The van der Waals surface area contributed by atoms with Crippen LogP contribution < -0.4 is 10.6 Å². The average Bonchev–Trinajstić information content (AvgIpc) is 3.13. The Balaban J connectivity index is 1.71. The molecule has 1 aliphatic heterocycles. The van der Waals surface area contributed by atoms with Gasteiger partial charge in [-0.1, -0.05) is 37.1 Å². The summed E-state index contributed by atoms with van der Waals surface area (Å²) in [4.78, 5) is 38.8. The zero-order chi connectivity index (χ0) is 18.2. The van der Waals surface area contributed by atoms with Gasteiger partial charge in [0, 0.05) is 0 Å². The smallest absolute Gasteiger partial charge is 0.325 e. The van der Waals surface area contributed by atoms with E-state index in [1.54, 1.807) is 6.92 Å². The average molecular weight is 343 g/mol. The monoisotopic (exact) mass is 343 g/mol. The number of carbonyl (C=O) groups excluding carboxylic acids is 3. The number of nitrogens with zero attached hydrogens (tertiary/aromatic N) is 1. The summed E-state index contributed by atoms with van der Waals surface area (Å²) in [7, 11) is 0. The van der Waals surface area contributed by atoms with Gasteiger partial charge in [0.25, 0.3) is 5.91 Å². The van der Waals surface area contributed by atoms with E-state index >= 15 is 0 Å². The summed E-state index contributed by atoms with van der Waals surface area (Å²) in [5.41, 5.74) is 1.32. The predicted octanol–water partition coefficient (Wildman–Crippen LogP) is 2.43. The van der Waals surface area contributed by atoms with E-state index < -0.39 is 17.6 Å². The third kappa shape index (κ3) is 3.01. The second-order valence-corrected chi connectivity index (χ2v) is 7.16. The first-order valence-electron chi connectivity index (χ1n) is 8.87. The maximum Gasteiger partial charge on any atom is 0.325 e. The third-order valence-corrected chi connectivity index (χ3v) is 5.43. The van der Waals surface area contributed by atoms with E-state index in [0.717, 1.165) is 28.9 Å². The van der Waals surface area contributed by atoms with Crippen molar-refractivity contribution in [1.82, 2.24) is 15.5 Å². The number of imide groups is 1. The van der Waals surface area contributed by atoms with Gasteiger partial charge in [-0.3, -0.25) is 9.59 Å². The van der Waals surface area contributed by atoms with Crippen LogP contribution in [-0.2, 0) is 9.59 Å². The van der Waals surface area contributed by atoms with E-state index in [1.165, 1.54) is 0 Å². The first-order chi connectivity index (χ1) is 11.9. The summed E-state index contributed by atoms with van der Waals surface area (Å²) in [5, 5.41) is 5.74. The number of hydrogen-bond acceptors (Lipinski definition) is 3.